The van der Waals surface area contributed by atoms with Gasteiger partial charge in [0, 0.05) is 22.1 Å². The van der Waals surface area contributed by atoms with Crippen molar-refractivity contribution in [2.24, 2.45) is 0 Å². The summed E-state index contributed by atoms with van der Waals surface area (Å²) in [5.74, 6) is 0. The van der Waals surface area contributed by atoms with Crippen LogP contribution in [0, 0.1) is 6.92 Å². The highest BCUT2D eigenvalue weighted by molar-refractivity contribution is 9.10. The Kier molecular flexibility index (Phi) is 1.91. The average molecular weight is 240 g/mol. The van der Waals surface area contributed by atoms with Crippen molar-refractivity contribution in [3.05, 3.63) is 27.7 Å². The standard InChI is InChI=1S/C11H14BrN/c1-7-4-8-10(5-9(7)12)13-6-11(8,2)3/h4-5,13H,6H2,1-3H3. The van der Waals surface area contributed by atoms with E-state index >= 15 is 0 Å². The van der Waals surface area contributed by atoms with Gasteiger partial charge < -0.3 is 5.32 Å². The van der Waals surface area contributed by atoms with Gasteiger partial charge in [0.05, 0.1) is 0 Å². The number of fused-ring (bicyclic) bond motifs is 1. The van der Waals surface area contributed by atoms with Crippen molar-refractivity contribution in [2.75, 3.05) is 11.9 Å². The van der Waals surface area contributed by atoms with Gasteiger partial charge in [-0.25, -0.2) is 0 Å². The van der Waals surface area contributed by atoms with E-state index in [0.717, 1.165) is 6.54 Å². The van der Waals surface area contributed by atoms with Gasteiger partial charge in [-0.05, 0) is 24.1 Å². The molecule has 0 spiro atoms. The molecule has 0 bridgehead atoms. The van der Waals surface area contributed by atoms with E-state index < -0.39 is 0 Å². The molecule has 1 N–H and O–H groups in total. The van der Waals surface area contributed by atoms with Gasteiger partial charge in [0.15, 0.2) is 0 Å². The highest BCUT2D eigenvalue weighted by atomic mass is 79.9. The summed E-state index contributed by atoms with van der Waals surface area (Å²) in [6, 6.07) is 4.46. The van der Waals surface area contributed by atoms with Gasteiger partial charge >= 0.3 is 0 Å². The smallest absolute Gasteiger partial charge is 0.0390 e. The summed E-state index contributed by atoms with van der Waals surface area (Å²) < 4.78 is 1.19. The average Bonchev–Trinajstić information content (AvgIpc) is 2.31. The van der Waals surface area contributed by atoms with Crippen LogP contribution in [0.4, 0.5) is 5.69 Å². The third-order valence-electron chi connectivity index (χ3n) is 2.75. The maximum atomic E-state index is 3.55. The van der Waals surface area contributed by atoms with Gasteiger partial charge in [-0.15, -0.1) is 0 Å². The van der Waals surface area contributed by atoms with Crippen LogP contribution >= 0.6 is 15.9 Å². The Morgan fingerprint density at radius 1 is 1.38 bits per heavy atom. The number of rotatable bonds is 0. The minimum Gasteiger partial charge on any atom is -0.384 e. The minimum absolute atomic E-state index is 0.279. The van der Waals surface area contributed by atoms with Crippen molar-refractivity contribution in [3.8, 4) is 0 Å². The Balaban J connectivity index is 2.61. The second kappa shape index (κ2) is 2.74. The molecule has 0 aliphatic carbocycles. The molecular formula is C11H14BrN. The van der Waals surface area contributed by atoms with Crippen molar-refractivity contribution in [3.63, 3.8) is 0 Å². The molecule has 1 aliphatic heterocycles. The van der Waals surface area contributed by atoms with Crippen LogP contribution < -0.4 is 5.32 Å². The first-order chi connectivity index (χ1) is 6.00. The molecule has 0 atom stereocenters. The highest BCUT2D eigenvalue weighted by Gasteiger charge is 2.29. The van der Waals surface area contributed by atoms with Crippen molar-refractivity contribution >= 4 is 21.6 Å². The maximum Gasteiger partial charge on any atom is 0.0390 e. The molecule has 2 rings (SSSR count). The predicted octanol–water partition coefficient (Wildman–Crippen LogP) is 3.46. The largest absolute Gasteiger partial charge is 0.384 e. The lowest BCUT2D eigenvalue weighted by atomic mass is 9.86. The van der Waals surface area contributed by atoms with Crippen molar-refractivity contribution in [1.82, 2.24) is 0 Å². The quantitative estimate of drug-likeness (QED) is 0.732. The second-order valence-electron chi connectivity index (χ2n) is 4.38. The monoisotopic (exact) mass is 239 g/mol. The molecule has 1 aromatic carbocycles. The van der Waals surface area contributed by atoms with Gasteiger partial charge in [0.2, 0.25) is 0 Å². The first kappa shape index (κ1) is 9.07. The molecule has 70 valence electrons. The molecule has 0 saturated carbocycles. The van der Waals surface area contributed by atoms with Crippen molar-refractivity contribution in [2.45, 2.75) is 26.2 Å². The molecule has 2 heteroatoms. The highest BCUT2D eigenvalue weighted by Crippen LogP contribution is 2.38. The number of anilines is 1. The first-order valence-electron chi connectivity index (χ1n) is 4.55. The zero-order chi connectivity index (χ0) is 9.64. The van der Waals surface area contributed by atoms with Crippen LogP contribution in [0.3, 0.4) is 0 Å². The Hall–Kier alpha value is -0.500. The van der Waals surface area contributed by atoms with Gasteiger partial charge in [0.25, 0.3) is 0 Å². The summed E-state index contributed by atoms with van der Waals surface area (Å²) in [6.45, 7) is 7.73. The number of aryl methyl sites for hydroxylation is 1. The van der Waals surface area contributed by atoms with Crippen LogP contribution in [-0.2, 0) is 5.41 Å². The van der Waals surface area contributed by atoms with Gasteiger partial charge in [-0.2, -0.15) is 0 Å². The lowest BCUT2D eigenvalue weighted by Crippen LogP contribution is -2.18. The summed E-state index contributed by atoms with van der Waals surface area (Å²) >= 11 is 3.55. The Morgan fingerprint density at radius 3 is 2.77 bits per heavy atom. The van der Waals surface area contributed by atoms with Crippen LogP contribution in [0.15, 0.2) is 16.6 Å². The van der Waals surface area contributed by atoms with Crippen LogP contribution in [0.25, 0.3) is 0 Å². The number of benzene rings is 1. The minimum atomic E-state index is 0.279. The van der Waals surface area contributed by atoms with E-state index in [4.69, 9.17) is 0 Å². The number of halogens is 1. The zero-order valence-corrected chi connectivity index (χ0v) is 9.83. The molecule has 0 fully saturated rings. The topological polar surface area (TPSA) is 12.0 Å². The molecule has 13 heavy (non-hydrogen) atoms. The van der Waals surface area contributed by atoms with Gasteiger partial charge in [-0.3, -0.25) is 0 Å². The zero-order valence-electron chi connectivity index (χ0n) is 8.24. The third kappa shape index (κ3) is 1.37. The summed E-state index contributed by atoms with van der Waals surface area (Å²) in [6.07, 6.45) is 0. The summed E-state index contributed by atoms with van der Waals surface area (Å²) in [7, 11) is 0. The maximum absolute atomic E-state index is 3.55. The number of nitrogens with one attached hydrogen (secondary N) is 1. The molecule has 0 amide bonds. The van der Waals surface area contributed by atoms with Gasteiger partial charge in [-0.1, -0.05) is 35.8 Å². The predicted molar refractivity (Wildman–Crippen MR) is 60.4 cm³/mol. The van der Waals surface area contributed by atoms with E-state index in [9.17, 15) is 0 Å². The van der Waals surface area contributed by atoms with Crippen molar-refractivity contribution < 1.29 is 0 Å². The normalized spacial score (nSPS) is 18.2. The van der Waals surface area contributed by atoms with Crippen LogP contribution in [-0.4, -0.2) is 6.54 Å². The number of hydrogen-bond acceptors (Lipinski definition) is 1. The molecule has 0 saturated heterocycles. The van der Waals surface area contributed by atoms with E-state index in [0.29, 0.717) is 0 Å². The number of hydrogen-bond donors (Lipinski definition) is 1. The van der Waals surface area contributed by atoms with E-state index in [-0.39, 0.29) is 5.41 Å². The molecule has 0 radical (unpaired) electrons. The van der Waals surface area contributed by atoms with E-state index in [2.05, 4.69) is 54.2 Å². The summed E-state index contributed by atoms with van der Waals surface area (Å²) in [5, 5.41) is 3.43. The molecule has 1 aliphatic rings. The molecule has 0 unspecified atom stereocenters. The first-order valence-corrected chi connectivity index (χ1v) is 5.34. The van der Waals surface area contributed by atoms with E-state index in [1.165, 1.54) is 21.3 Å². The SMILES string of the molecule is Cc1cc2c(cc1Br)NCC2(C)C. The summed E-state index contributed by atoms with van der Waals surface area (Å²) in [4.78, 5) is 0. The Labute approximate surface area is 87.7 Å². The molecular weight excluding hydrogens is 226 g/mol. The fourth-order valence-corrected chi connectivity index (χ4v) is 2.14. The molecule has 1 nitrogen and oxygen atoms in total. The molecule has 0 aromatic heterocycles. The Bertz CT molecular complexity index is 355. The fraction of sp³-hybridized carbons (Fsp3) is 0.455. The molecule has 1 aromatic rings. The lowest BCUT2D eigenvalue weighted by molar-refractivity contribution is 0.586. The Morgan fingerprint density at radius 2 is 2.08 bits per heavy atom. The molecule has 1 heterocycles. The third-order valence-corrected chi connectivity index (χ3v) is 3.60. The van der Waals surface area contributed by atoms with Crippen LogP contribution in [0.1, 0.15) is 25.0 Å². The van der Waals surface area contributed by atoms with Crippen LogP contribution in [0.5, 0.6) is 0 Å². The summed E-state index contributed by atoms with van der Waals surface area (Å²) in [5.41, 5.74) is 4.31. The van der Waals surface area contributed by atoms with E-state index in [1.54, 1.807) is 0 Å². The van der Waals surface area contributed by atoms with Gasteiger partial charge in [0.1, 0.15) is 0 Å². The van der Waals surface area contributed by atoms with Crippen LogP contribution in [0.2, 0.25) is 0 Å². The van der Waals surface area contributed by atoms with Crippen molar-refractivity contribution in [1.29, 1.82) is 0 Å². The lowest BCUT2D eigenvalue weighted by Gasteiger charge is -2.17. The fourth-order valence-electron chi connectivity index (χ4n) is 1.80. The second-order valence-corrected chi connectivity index (χ2v) is 5.24. The van der Waals surface area contributed by atoms with E-state index in [1.807, 2.05) is 0 Å².